The number of benzene rings is 1. The number of nitrogens with two attached hydrogens (primary N) is 1. The third-order valence-corrected chi connectivity index (χ3v) is 2.56. The summed E-state index contributed by atoms with van der Waals surface area (Å²) < 4.78 is 5.40. The smallest absolute Gasteiger partial charge is 0.423 e. The van der Waals surface area contributed by atoms with Crippen LogP contribution in [0.5, 0.6) is 0 Å². The summed E-state index contributed by atoms with van der Waals surface area (Å²) in [6, 6.07) is 7.61. The van der Waals surface area contributed by atoms with Gasteiger partial charge in [-0.1, -0.05) is 24.3 Å². The molecule has 0 unspecified atom stereocenters. The summed E-state index contributed by atoms with van der Waals surface area (Å²) in [5.74, 6) is 0. The molecule has 4 heteroatoms. The van der Waals surface area contributed by atoms with E-state index in [0.717, 1.165) is 11.0 Å². The lowest BCUT2D eigenvalue weighted by Gasteiger charge is -2.23. The third kappa shape index (κ3) is 1.18. The van der Waals surface area contributed by atoms with E-state index >= 15 is 0 Å². The molecule has 3 N–H and O–H groups in total. The number of hydrogen-bond acceptors (Lipinski definition) is 3. The van der Waals surface area contributed by atoms with Crippen molar-refractivity contribution in [2.24, 2.45) is 5.73 Å². The molecule has 3 nitrogen and oxygen atoms in total. The number of hydrogen-bond donors (Lipinski definition) is 2. The zero-order valence-corrected chi connectivity index (χ0v) is 7.53. The van der Waals surface area contributed by atoms with Gasteiger partial charge in [0.1, 0.15) is 0 Å². The van der Waals surface area contributed by atoms with Crippen molar-refractivity contribution in [3.63, 3.8) is 0 Å². The van der Waals surface area contributed by atoms with E-state index in [1.165, 1.54) is 0 Å². The van der Waals surface area contributed by atoms with Crippen LogP contribution in [0.15, 0.2) is 24.3 Å². The second-order valence-corrected chi connectivity index (χ2v) is 3.49. The quantitative estimate of drug-likeness (QED) is 0.572. The van der Waals surface area contributed by atoms with E-state index in [1.54, 1.807) is 0 Å². The highest BCUT2D eigenvalue weighted by Crippen LogP contribution is 2.28. The summed E-state index contributed by atoms with van der Waals surface area (Å²) in [5.41, 5.74) is 6.90. The van der Waals surface area contributed by atoms with Gasteiger partial charge in [0.15, 0.2) is 0 Å². The molecule has 0 radical (unpaired) electrons. The van der Waals surface area contributed by atoms with Gasteiger partial charge in [-0.05, 0) is 17.9 Å². The zero-order chi connectivity index (χ0) is 9.47. The number of rotatable bonds is 1. The van der Waals surface area contributed by atoms with E-state index in [-0.39, 0.29) is 0 Å². The van der Waals surface area contributed by atoms with Gasteiger partial charge in [-0.15, -0.1) is 0 Å². The maximum Gasteiger partial charge on any atom is 0.492 e. The highest BCUT2D eigenvalue weighted by Gasteiger charge is 2.42. The van der Waals surface area contributed by atoms with Gasteiger partial charge < -0.3 is 15.4 Å². The molecule has 2 rings (SSSR count). The van der Waals surface area contributed by atoms with Crippen LogP contribution in [0.4, 0.5) is 0 Å². The molecule has 1 aromatic carbocycles. The average Bonchev–Trinajstić information content (AvgIpc) is 2.42. The van der Waals surface area contributed by atoms with Crippen LogP contribution < -0.4 is 11.2 Å². The Morgan fingerprint density at radius 2 is 2.23 bits per heavy atom. The Bertz CT molecular complexity index is 331. The van der Waals surface area contributed by atoms with Gasteiger partial charge in [0.25, 0.3) is 0 Å². The van der Waals surface area contributed by atoms with Crippen LogP contribution in [-0.2, 0) is 10.3 Å². The molecule has 0 saturated carbocycles. The van der Waals surface area contributed by atoms with Gasteiger partial charge in [-0.25, -0.2) is 0 Å². The first-order valence-corrected chi connectivity index (χ1v) is 4.33. The summed E-state index contributed by atoms with van der Waals surface area (Å²) in [6.07, 6.45) is 0. The molecule has 0 amide bonds. The van der Waals surface area contributed by atoms with Crippen LogP contribution in [0.3, 0.4) is 0 Å². The molecule has 1 heterocycles. The van der Waals surface area contributed by atoms with Crippen molar-refractivity contribution in [3.05, 3.63) is 29.8 Å². The van der Waals surface area contributed by atoms with Crippen LogP contribution in [0, 0.1) is 0 Å². The molecule has 13 heavy (non-hydrogen) atoms. The Morgan fingerprint density at radius 3 is 2.92 bits per heavy atom. The van der Waals surface area contributed by atoms with Crippen molar-refractivity contribution >= 4 is 12.6 Å². The minimum Gasteiger partial charge on any atom is -0.423 e. The molecule has 0 aromatic heterocycles. The van der Waals surface area contributed by atoms with Gasteiger partial charge >= 0.3 is 7.12 Å². The average molecular weight is 177 g/mol. The standard InChI is InChI=1S/C9H12BNO2/c1-9(6-11)7-4-2-3-5-8(7)10(12)13-9/h2-5,12H,6,11H2,1H3/t9-/m1/s1. The Balaban J connectivity index is 2.53. The highest BCUT2D eigenvalue weighted by atomic mass is 16.5. The topological polar surface area (TPSA) is 55.5 Å². The summed E-state index contributed by atoms with van der Waals surface area (Å²) in [5, 5.41) is 9.57. The minimum absolute atomic E-state index is 0.376. The normalized spacial score (nSPS) is 26.2. The fourth-order valence-electron chi connectivity index (χ4n) is 1.73. The maximum atomic E-state index is 9.57. The van der Waals surface area contributed by atoms with Crippen LogP contribution in [0.2, 0.25) is 0 Å². The first-order chi connectivity index (χ1) is 6.17. The second-order valence-electron chi connectivity index (χ2n) is 3.49. The Labute approximate surface area is 77.7 Å². The molecular weight excluding hydrogens is 165 g/mol. The van der Waals surface area contributed by atoms with Crippen molar-refractivity contribution in [2.45, 2.75) is 12.5 Å². The van der Waals surface area contributed by atoms with E-state index < -0.39 is 12.7 Å². The van der Waals surface area contributed by atoms with E-state index in [1.807, 2.05) is 31.2 Å². The maximum absolute atomic E-state index is 9.57. The first kappa shape index (κ1) is 8.75. The third-order valence-electron chi connectivity index (χ3n) is 2.56. The van der Waals surface area contributed by atoms with Gasteiger partial charge in [-0.3, -0.25) is 0 Å². The van der Waals surface area contributed by atoms with E-state index in [9.17, 15) is 5.02 Å². The molecule has 1 atom stereocenters. The van der Waals surface area contributed by atoms with E-state index in [2.05, 4.69) is 0 Å². The van der Waals surface area contributed by atoms with Gasteiger partial charge in [0.05, 0.1) is 5.60 Å². The Kier molecular flexibility index (Phi) is 1.91. The molecule has 68 valence electrons. The second kappa shape index (κ2) is 2.84. The minimum atomic E-state index is -0.829. The highest BCUT2D eigenvalue weighted by molar-refractivity contribution is 6.61. The van der Waals surface area contributed by atoms with Crippen LogP contribution in [-0.4, -0.2) is 18.7 Å². The summed E-state index contributed by atoms with van der Waals surface area (Å²) in [4.78, 5) is 0. The largest absolute Gasteiger partial charge is 0.492 e. The van der Waals surface area contributed by atoms with Crippen LogP contribution in [0.25, 0.3) is 0 Å². The van der Waals surface area contributed by atoms with Gasteiger partial charge in [-0.2, -0.15) is 0 Å². The van der Waals surface area contributed by atoms with Crippen molar-refractivity contribution in [2.75, 3.05) is 6.54 Å². The van der Waals surface area contributed by atoms with Crippen molar-refractivity contribution < 1.29 is 9.68 Å². The SMILES string of the molecule is C[C@]1(CN)OB(O)c2ccccc21. The Hall–Kier alpha value is -0.835. The molecule has 0 spiro atoms. The molecular formula is C9H12BNO2. The molecule has 1 aromatic rings. The molecule has 0 aliphatic carbocycles. The first-order valence-electron chi connectivity index (χ1n) is 4.33. The molecule has 0 bridgehead atoms. The van der Waals surface area contributed by atoms with Crippen molar-refractivity contribution in [1.29, 1.82) is 0 Å². The number of fused-ring (bicyclic) bond motifs is 1. The predicted octanol–water partition coefficient (Wildman–Crippen LogP) is -0.422. The fourth-order valence-corrected chi connectivity index (χ4v) is 1.73. The fraction of sp³-hybridized carbons (Fsp3) is 0.333. The monoisotopic (exact) mass is 177 g/mol. The molecule has 0 saturated heterocycles. The van der Waals surface area contributed by atoms with Gasteiger partial charge in [0, 0.05) is 6.54 Å². The lowest BCUT2D eigenvalue weighted by atomic mass is 9.78. The Morgan fingerprint density at radius 1 is 1.54 bits per heavy atom. The zero-order valence-electron chi connectivity index (χ0n) is 7.53. The van der Waals surface area contributed by atoms with Crippen LogP contribution in [0.1, 0.15) is 12.5 Å². The summed E-state index contributed by atoms with van der Waals surface area (Å²) in [6.45, 7) is 2.27. The van der Waals surface area contributed by atoms with E-state index in [0.29, 0.717) is 6.54 Å². The lowest BCUT2D eigenvalue weighted by molar-refractivity contribution is 0.0893. The summed E-state index contributed by atoms with van der Waals surface area (Å²) >= 11 is 0. The lowest BCUT2D eigenvalue weighted by Crippen LogP contribution is -2.33. The van der Waals surface area contributed by atoms with Crippen LogP contribution >= 0.6 is 0 Å². The summed E-state index contributed by atoms with van der Waals surface area (Å²) in [7, 11) is -0.829. The van der Waals surface area contributed by atoms with Crippen molar-refractivity contribution in [3.8, 4) is 0 Å². The van der Waals surface area contributed by atoms with Gasteiger partial charge in [0.2, 0.25) is 0 Å². The predicted molar refractivity (Wildman–Crippen MR) is 51.5 cm³/mol. The molecule has 0 fully saturated rings. The van der Waals surface area contributed by atoms with Crippen molar-refractivity contribution in [1.82, 2.24) is 0 Å². The van der Waals surface area contributed by atoms with E-state index in [4.69, 9.17) is 10.4 Å². The molecule has 1 aliphatic heterocycles. The molecule has 1 aliphatic rings.